The Balaban J connectivity index is 1.34. The Hall–Kier alpha value is -2.32. The molecular weight excluding hydrogens is 376 g/mol. The van der Waals surface area contributed by atoms with Crippen LogP contribution in [0.3, 0.4) is 0 Å². The number of hydrogen-bond donors (Lipinski definition) is 1. The summed E-state index contributed by atoms with van der Waals surface area (Å²) in [5.74, 6) is 0.671. The van der Waals surface area contributed by atoms with Gasteiger partial charge in [-0.15, -0.1) is 0 Å². The van der Waals surface area contributed by atoms with Crippen molar-refractivity contribution in [3.63, 3.8) is 0 Å². The summed E-state index contributed by atoms with van der Waals surface area (Å²) in [4.78, 5) is 55.0. The third kappa shape index (κ3) is 3.55. The SMILES string of the molecule is CCOC(=O)N1CCC2(CC1)NC(=O)N(C1CCN(C(=O)[C@@H]3C[C@@H]3C)CC1)C2=O. The average molecular weight is 406 g/mol. The molecule has 5 amide bonds. The van der Waals surface area contributed by atoms with Crippen LogP contribution in [0.25, 0.3) is 0 Å². The third-order valence-corrected chi connectivity index (χ3v) is 6.90. The molecule has 29 heavy (non-hydrogen) atoms. The number of rotatable bonds is 3. The Morgan fingerprint density at radius 1 is 1.10 bits per heavy atom. The van der Waals surface area contributed by atoms with Gasteiger partial charge in [0, 0.05) is 38.1 Å². The second-order valence-electron chi connectivity index (χ2n) is 8.75. The molecule has 4 fully saturated rings. The largest absolute Gasteiger partial charge is 0.450 e. The Labute approximate surface area is 170 Å². The van der Waals surface area contributed by atoms with Crippen LogP contribution in [0.5, 0.6) is 0 Å². The highest BCUT2D eigenvalue weighted by Crippen LogP contribution is 2.40. The normalized spacial score (nSPS) is 29.2. The molecule has 0 aromatic carbocycles. The summed E-state index contributed by atoms with van der Waals surface area (Å²) >= 11 is 0. The van der Waals surface area contributed by atoms with Crippen molar-refractivity contribution >= 4 is 23.9 Å². The molecule has 0 aromatic rings. The predicted octanol–water partition coefficient (Wildman–Crippen LogP) is 1.18. The number of piperidine rings is 2. The third-order valence-electron chi connectivity index (χ3n) is 6.90. The maximum atomic E-state index is 13.2. The van der Waals surface area contributed by atoms with Gasteiger partial charge in [-0.2, -0.15) is 0 Å². The molecule has 3 aliphatic heterocycles. The number of carbonyl (C=O) groups is 4. The highest BCUT2D eigenvalue weighted by molar-refractivity contribution is 6.07. The van der Waals surface area contributed by atoms with Crippen molar-refractivity contribution in [2.24, 2.45) is 11.8 Å². The van der Waals surface area contributed by atoms with Gasteiger partial charge in [-0.25, -0.2) is 9.59 Å². The fraction of sp³-hybridized carbons (Fsp3) is 0.800. The van der Waals surface area contributed by atoms with Gasteiger partial charge in [0.2, 0.25) is 5.91 Å². The zero-order valence-corrected chi connectivity index (χ0v) is 17.2. The number of carbonyl (C=O) groups excluding carboxylic acids is 4. The van der Waals surface area contributed by atoms with Crippen LogP contribution in [0.15, 0.2) is 0 Å². The van der Waals surface area contributed by atoms with E-state index in [0.717, 1.165) is 6.42 Å². The molecule has 3 saturated heterocycles. The second kappa shape index (κ2) is 7.50. The van der Waals surface area contributed by atoms with Gasteiger partial charge in [0.25, 0.3) is 5.91 Å². The van der Waals surface area contributed by atoms with Crippen LogP contribution in [0.1, 0.15) is 46.0 Å². The van der Waals surface area contributed by atoms with E-state index in [9.17, 15) is 19.2 Å². The first-order valence-corrected chi connectivity index (χ1v) is 10.7. The van der Waals surface area contributed by atoms with E-state index in [1.807, 2.05) is 4.90 Å². The van der Waals surface area contributed by atoms with Crippen molar-refractivity contribution in [3.8, 4) is 0 Å². The molecule has 160 valence electrons. The zero-order valence-electron chi connectivity index (χ0n) is 17.2. The minimum absolute atomic E-state index is 0.163. The van der Waals surface area contributed by atoms with Crippen molar-refractivity contribution in [1.29, 1.82) is 0 Å². The number of nitrogens with one attached hydrogen (secondary N) is 1. The molecule has 0 radical (unpaired) electrons. The first kappa shape index (κ1) is 20.0. The first-order chi connectivity index (χ1) is 13.9. The van der Waals surface area contributed by atoms with Gasteiger partial charge in [-0.1, -0.05) is 6.92 Å². The molecule has 3 heterocycles. The number of amides is 5. The predicted molar refractivity (Wildman–Crippen MR) is 103 cm³/mol. The molecule has 0 bridgehead atoms. The van der Waals surface area contributed by atoms with E-state index in [-0.39, 0.29) is 35.9 Å². The standard InChI is InChI=1S/C20H30N4O5/c1-3-29-19(28)23-10-6-20(7-11-23)17(26)24(18(27)21-20)14-4-8-22(9-5-14)16(25)15-12-13(15)2/h13-15H,3-12H2,1-2H3,(H,21,27)/t13-,15+/m0/s1. The average Bonchev–Trinajstić information content (AvgIpc) is 3.39. The fourth-order valence-corrected chi connectivity index (χ4v) is 4.84. The van der Waals surface area contributed by atoms with Gasteiger partial charge >= 0.3 is 12.1 Å². The number of imide groups is 1. The molecule has 1 saturated carbocycles. The maximum Gasteiger partial charge on any atom is 0.409 e. The van der Waals surface area contributed by atoms with Gasteiger partial charge in [-0.3, -0.25) is 14.5 Å². The molecule has 4 rings (SSSR count). The van der Waals surface area contributed by atoms with E-state index in [1.54, 1.807) is 11.8 Å². The molecule has 0 unspecified atom stereocenters. The zero-order chi connectivity index (χ0) is 20.8. The molecular formula is C20H30N4O5. The van der Waals surface area contributed by atoms with Crippen LogP contribution in [0.2, 0.25) is 0 Å². The van der Waals surface area contributed by atoms with Gasteiger partial charge in [0.15, 0.2) is 0 Å². The topological polar surface area (TPSA) is 99.3 Å². The van der Waals surface area contributed by atoms with Crippen LogP contribution < -0.4 is 5.32 Å². The lowest BCUT2D eigenvalue weighted by Gasteiger charge is -2.38. The molecule has 2 atom stereocenters. The summed E-state index contributed by atoms with van der Waals surface area (Å²) in [5.41, 5.74) is -0.920. The summed E-state index contributed by atoms with van der Waals surface area (Å²) in [6, 6.07) is -0.522. The lowest BCUT2D eigenvalue weighted by atomic mass is 9.87. The molecule has 1 N–H and O–H groups in total. The lowest BCUT2D eigenvalue weighted by Crippen LogP contribution is -2.56. The van der Waals surface area contributed by atoms with E-state index in [2.05, 4.69) is 12.2 Å². The summed E-state index contributed by atoms with van der Waals surface area (Å²) in [5, 5.41) is 2.90. The molecule has 0 aromatic heterocycles. The van der Waals surface area contributed by atoms with Gasteiger partial charge in [0.05, 0.1) is 6.61 Å². The number of nitrogens with zero attached hydrogens (tertiary/aromatic N) is 3. The van der Waals surface area contributed by atoms with Crippen LogP contribution in [0, 0.1) is 11.8 Å². The summed E-state index contributed by atoms with van der Waals surface area (Å²) < 4.78 is 5.03. The maximum absolute atomic E-state index is 13.2. The van der Waals surface area contributed by atoms with Gasteiger partial charge in [-0.05, 0) is 44.9 Å². The minimum atomic E-state index is -0.920. The Bertz CT molecular complexity index is 710. The lowest BCUT2D eigenvalue weighted by molar-refractivity contribution is -0.137. The van der Waals surface area contributed by atoms with Gasteiger partial charge < -0.3 is 19.9 Å². The summed E-state index contributed by atoms with van der Waals surface area (Å²) in [6.07, 6.45) is 2.62. The Morgan fingerprint density at radius 3 is 2.28 bits per heavy atom. The van der Waals surface area contributed by atoms with Gasteiger partial charge in [0.1, 0.15) is 5.54 Å². The molecule has 9 nitrogen and oxygen atoms in total. The van der Waals surface area contributed by atoms with Crippen molar-refractivity contribution in [1.82, 2.24) is 20.0 Å². The Kier molecular flexibility index (Phi) is 5.16. The van der Waals surface area contributed by atoms with Crippen LogP contribution in [-0.2, 0) is 14.3 Å². The minimum Gasteiger partial charge on any atom is -0.450 e. The van der Waals surface area contributed by atoms with Crippen molar-refractivity contribution in [2.75, 3.05) is 32.8 Å². The van der Waals surface area contributed by atoms with Crippen molar-refractivity contribution in [3.05, 3.63) is 0 Å². The number of likely N-dealkylation sites (tertiary alicyclic amines) is 2. The van der Waals surface area contributed by atoms with Crippen LogP contribution in [0.4, 0.5) is 9.59 Å². The quantitative estimate of drug-likeness (QED) is 0.710. The van der Waals surface area contributed by atoms with E-state index >= 15 is 0 Å². The highest BCUT2D eigenvalue weighted by Gasteiger charge is 2.55. The first-order valence-electron chi connectivity index (χ1n) is 10.7. The number of urea groups is 1. The molecule has 1 aliphatic carbocycles. The second-order valence-corrected chi connectivity index (χ2v) is 8.75. The highest BCUT2D eigenvalue weighted by atomic mass is 16.6. The number of hydrogen-bond acceptors (Lipinski definition) is 5. The van der Waals surface area contributed by atoms with E-state index in [1.165, 1.54) is 4.90 Å². The van der Waals surface area contributed by atoms with Crippen molar-refractivity contribution in [2.45, 2.75) is 57.5 Å². The summed E-state index contributed by atoms with van der Waals surface area (Å²) in [6.45, 7) is 6.10. The van der Waals surface area contributed by atoms with E-state index in [4.69, 9.17) is 4.74 Å². The van der Waals surface area contributed by atoms with E-state index < -0.39 is 5.54 Å². The Morgan fingerprint density at radius 2 is 1.72 bits per heavy atom. The van der Waals surface area contributed by atoms with E-state index in [0.29, 0.717) is 64.4 Å². The monoisotopic (exact) mass is 406 g/mol. The van der Waals surface area contributed by atoms with Crippen molar-refractivity contribution < 1.29 is 23.9 Å². The fourth-order valence-electron chi connectivity index (χ4n) is 4.84. The summed E-state index contributed by atoms with van der Waals surface area (Å²) in [7, 11) is 0. The number of ether oxygens (including phenoxy) is 1. The molecule has 9 heteroatoms. The molecule has 1 spiro atoms. The van der Waals surface area contributed by atoms with Crippen LogP contribution in [-0.4, -0.2) is 83.0 Å². The smallest absolute Gasteiger partial charge is 0.409 e. The van der Waals surface area contributed by atoms with Crippen LogP contribution >= 0.6 is 0 Å². The molecule has 4 aliphatic rings.